The van der Waals surface area contributed by atoms with Gasteiger partial charge in [-0.25, -0.2) is 4.39 Å². The summed E-state index contributed by atoms with van der Waals surface area (Å²) in [7, 11) is 0. The third kappa shape index (κ3) is 1.71. The van der Waals surface area contributed by atoms with Crippen LogP contribution in [0.1, 0.15) is 25.1 Å². The van der Waals surface area contributed by atoms with Crippen LogP contribution in [0, 0.1) is 24.1 Å². The minimum Gasteiger partial charge on any atom is -0.255 e. The van der Waals surface area contributed by atoms with Gasteiger partial charge in [0.25, 0.3) is 0 Å². The maximum absolute atomic E-state index is 13.6. The second-order valence-corrected chi connectivity index (χ2v) is 4.04. The fourth-order valence-electron chi connectivity index (χ4n) is 1.05. The second kappa shape index (κ2) is 3.55. The Labute approximate surface area is 87.3 Å². The lowest BCUT2D eigenvalue weighted by molar-refractivity contribution is 0.540. The summed E-state index contributed by atoms with van der Waals surface area (Å²) in [5.41, 5.74) is -0.457. The van der Waals surface area contributed by atoms with E-state index < -0.39 is 11.2 Å². The third-order valence-electron chi connectivity index (χ3n) is 2.07. The van der Waals surface area contributed by atoms with E-state index in [1.807, 2.05) is 6.07 Å². The highest BCUT2D eigenvalue weighted by molar-refractivity contribution is 6.31. The second-order valence-electron chi connectivity index (χ2n) is 3.63. The SMILES string of the molecule is Cc1c(Cl)cnc(C(C)(C)C#N)c1F. The summed E-state index contributed by atoms with van der Waals surface area (Å²) < 4.78 is 13.6. The van der Waals surface area contributed by atoms with E-state index in [4.69, 9.17) is 16.9 Å². The van der Waals surface area contributed by atoms with Crippen molar-refractivity contribution in [2.24, 2.45) is 0 Å². The first-order valence-corrected chi connectivity index (χ1v) is 4.50. The van der Waals surface area contributed by atoms with Crippen molar-refractivity contribution in [3.05, 3.63) is 28.3 Å². The number of nitriles is 1. The molecule has 0 amide bonds. The van der Waals surface area contributed by atoms with Gasteiger partial charge >= 0.3 is 0 Å². The maximum Gasteiger partial charge on any atom is 0.150 e. The Bertz CT molecular complexity index is 407. The number of halogens is 2. The van der Waals surface area contributed by atoms with E-state index in [0.717, 1.165) is 0 Å². The summed E-state index contributed by atoms with van der Waals surface area (Å²) in [5.74, 6) is -0.496. The van der Waals surface area contributed by atoms with Gasteiger partial charge in [-0.05, 0) is 20.8 Å². The van der Waals surface area contributed by atoms with Crippen molar-refractivity contribution in [1.29, 1.82) is 5.26 Å². The highest BCUT2D eigenvalue weighted by Gasteiger charge is 2.27. The van der Waals surface area contributed by atoms with E-state index in [2.05, 4.69) is 4.98 Å². The molecule has 1 aromatic rings. The van der Waals surface area contributed by atoms with Gasteiger partial charge in [0.2, 0.25) is 0 Å². The molecule has 0 radical (unpaired) electrons. The Hall–Kier alpha value is -1.14. The smallest absolute Gasteiger partial charge is 0.150 e. The average Bonchev–Trinajstić information content (AvgIpc) is 2.14. The Morgan fingerprint density at radius 1 is 1.57 bits per heavy atom. The molecular formula is C10H10ClFN2. The molecule has 0 saturated heterocycles. The van der Waals surface area contributed by atoms with E-state index in [-0.39, 0.29) is 10.7 Å². The van der Waals surface area contributed by atoms with Crippen molar-refractivity contribution in [2.45, 2.75) is 26.2 Å². The zero-order valence-electron chi connectivity index (χ0n) is 8.23. The quantitative estimate of drug-likeness (QED) is 0.718. The minimum absolute atomic E-state index is 0.141. The lowest BCUT2D eigenvalue weighted by Crippen LogP contribution is -2.19. The molecule has 0 unspecified atom stereocenters. The third-order valence-corrected chi connectivity index (χ3v) is 2.45. The lowest BCUT2D eigenvalue weighted by Gasteiger charge is -2.16. The van der Waals surface area contributed by atoms with E-state index in [0.29, 0.717) is 5.56 Å². The molecule has 0 aliphatic carbocycles. The van der Waals surface area contributed by atoms with Gasteiger partial charge in [-0.3, -0.25) is 4.98 Å². The van der Waals surface area contributed by atoms with Crippen molar-refractivity contribution in [3.8, 4) is 6.07 Å². The summed E-state index contributed by atoms with van der Waals surface area (Å²) in [4.78, 5) is 3.85. The molecule has 0 aromatic carbocycles. The number of hydrogen-bond donors (Lipinski definition) is 0. The van der Waals surface area contributed by atoms with Crippen LogP contribution in [0.15, 0.2) is 6.20 Å². The molecule has 14 heavy (non-hydrogen) atoms. The van der Waals surface area contributed by atoms with Crippen LogP contribution in [-0.4, -0.2) is 4.98 Å². The molecule has 0 atom stereocenters. The summed E-state index contributed by atoms with van der Waals surface area (Å²) in [6.07, 6.45) is 1.37. The molecule has 0 N–H and O–H groups in total. The molecule has 4 heteroatoms. The fraction of sp³-hybridized carbons (Fsp3) is 0.400. The molecule has 0 aliphatic rings. The van der Waals surface area contributed by atoms with Crippen molar-refractivity contribution in [3.63, 3.8) is 0 Å². The van der Waals surface area contributed by atoms with Crippen LogP contribution in [0.25, 0.3) is 0 Å². The molecule has 1 rings (SSSR count). The Morgan fingerprint density at radius 3 is 2.64 bits per heavy atom. The van der Waals surface area contributed by atoms with Gasteiger partial charge in [0.05, 0.1) is 22.2 Å². The molecule has 1 heterocycles. The number of nitrogens with zero attached hydrogens (tertiary/aromatic N) is 2. The monoisotopic (exact) mass is 212 g/mol. The lowest BCUT2D eigenvalue weighted by atomic mass is 9.89. The van der Waals surface area contributed by atoms with Crippen LogP contribution in [0.4, 0.5) is 4.39 Å². The standard InChI is InChI=1S/C10H10ClFN2/c1-6-7(11)4-14-9(8(6)12)10(2,3)5-13/h4H,1-3H3. The van der Waals surface area contributed by atoms with Crippen LogP contribution in [-0.2, 0) is 5.41 Å². The first-order chi connectivity index (χ1) is 6.40. The number of aromatic nitrogens is 1. The van der Waals surface area contributed by atoms with Gasteiger partial charge in [0, 0.05) is 11.8 Å². The number of pyridine rings is 1. The summed E-state index contributed by atoms with van der Waals surface area (Å²) in [5, 5.41) is 9.12. The largest absolute Gasteiger partial charge is 0.255 e. The molecule has 0 bridgehead atoms. The van der Waals surface area contributed by atoms with Crippen LogP contribution in [0.3, 0.4) is 0 Å². The van der Waals surface area contributed by atoms with Gasteiger partial charge < -0.3 is 0 Å². The first-order valence-electron chi connectivity index (χ1n) is 4.12. The molecule has 0 fully saturated rings. The van der Waals surface area contributed by atoms with Gasteiger partial charge in [-0.2, -0.15) is 5.26 Å². The van der Waals surface area contributed by atoms with Crippen molar-refractivity contribution in [2.75, 3.05) is 0 Å². The van der Waals surface area contributed by atoms with E-state index in [1.165, 1.54) is 6.20 Å². The minimum atomic E-state index is -0.931. The first kappa shape index (κ1) is 10.9. The molecule has 74 valence electrons. The zero-order valence-corrected chi connectivity index (χ0v) is 8.98. The van der Waals surface area contributed by atoms with Gasteiger partial charge in [0.1, 0.15) is 0 Å². The van der Waals surface area contributed by atoms with Gasteiger partial charge in [0.15, 0.2) is 5.82 Å². The maximum atomic E-state index is 13.6. The Balaban J connectivity index is 3.41. The topological polar surface area (TPSA) is 36.7 Å². The number of hydrogen-bond acceptors (Lipinski definition) is 2. The van der Waals surface area contributed by atoms with Crippen LogP contribution in [0.2, 0.25) is 5.02 Å². The molecule has 0 aliphatic heterocycles. The van der Waals surface area contributed by atoms with E-state index >= 15 is 0 Å². The molecule has 1 aromatic heterocycles. The van der Waals surface area contributed by atoms with Crippen LogP contribution < -0.4 is 0 Å². The molecule has 0 spiro atoms. The molecular weight excluding hydrogens is 203 g/mol. The van der Waals surface area contributed by atoms with Crippen molar-refractivity contribution in [1.82, 2.24) is 4.98 Å². The summed E-state index contributed by atoms with van der Waals surface area (Å²) >= 11 is 5.69. The highest BCUT2D eigenvalue weighted by Crippen LogP contribution is 2.27. The Kier molecular flexibility index (Phi) is 2.77. The zero-order chi connectivity index (χ0) is 10.9. The highest BCUT2D eigenvalue weighted by atomic mass is 35.5. The fourth-order valence-corrected chi connectivity index (χ4v) is 1.18. The summed E-state index contributed by atoms with van der Waals surface area (Å²) in [6.45, 7) is 4.80. The molecule has 0 saturated carbocycles. The molecule has 2 nitrogen and oxygen atoms in total. The normalized spacial score (nSPS) is 11.1. The Morgan fingerprint density at radius 2 is 2.14 bits per heavy atom. The van der Waals surface area contributed by atoms with Crippen molar-refractivity contribution >= 4 is 11.6 Å². The van der Waals surface area contributed by atoms with E-state index in [1.54, 1.807) is 20.8 Å². The van der Waals surface area contributed by atoms with Crippen LogP contribution >= 0.6 is 11.6 Å². The predicted molar refractivity (Wildman–Crippen MR) is 52.6 cm³/mol. The van der Waals surface area contributed by atoms with Crippen molar-refractivity contribution < 1.29 is 4.39 Å². The predicted octanol–water partition coefficient (Wildman–Crippen LogP) is 2.98. The van der Waals surface area contributed by atoms with E-state index in [9.17, 15) is 4.39 Å². The van der Waals surface area contributed by atoms with Gasteiger partial charge in [-0.15, -0.1) is 0 Å². The average molecular weight is 213 g/mol. The van der Waals surface area contributed by atoms with Gasteiger partial charge in [-0.1, -0.05) is 11.6 Å². The van der Waals surface area contributed by atoms with Crippen LogP contribution in [0.5, 0.6) is 0 Å². The number of rotatable bonds is 1. The summed E-state index contributed by atoms with van der Waals surface area (Å²) in [6, 6.07) is 2.00.